The molecule has 0 radical (unpaired) electrons. The van der Waals surface area contributed by atoms with Gasteiger partial charge in [-0.25, -0.2) is 4.79 Å². The molecule has 1 unspecified atom stereocenters. The van der Waals surface area contributed by atoms with E-state index < -0.39 is 11.6 Å². The third-order valence-corrected chi connectivity index (χ3v) is 4.15. The Balaban J connectivity index is 2.62. The van der Waals surface area contributed by atoms with Crippen LogP contribution < -0.4 is 0 Å². The van der Waals surface area contributed by atoms with Gasteiger partial charge in [-0.05, 0) is 22.9 Å². The monoisotopic (exact) mass is 256 g/mol. The second kappa shape index (κ2) is 3.89. The predicted octanol–water partition coefficient (Wildman–Crippen LogP) is 1.84. The lowest BCUT2D eigenvalue weighted by Gasteiger charge is -2.20. The van der Waals surface area contributed by atoms with Crippen LogP contribution in [0.25, 0.3) is 0 Å². The zero-order chi connectivity index (χ0) is 11.8. The molecule has 0 amide bonds. The Morgan fingerprint density at radius 1 is 1.25 bits per heavy atom. The molecule has 6 heteroatoms. The summed E-state index contributed by atoms with van der Waals surface area (Å²) in [5.41, 5.74) is -2.16. The number of carboxylic acids is 1. The van der Waals surface area contributed by atoms with Crippen LogP contribution in [-0.4, -0.2) is 21.3 Å². The van der Waals surface area contributed by atoms with Gasteiger partial charge in [-0.1, -0.05) is 6.07 Å². The fourth-order valence-corrected chi connectivity index (χ4v) is 3.15. The van der Waals surface area contributed by atoms with Crippen LogP contribution >= 0.6 is 22.7 Å². The largest absolute Gasteiger partial charge is 0.507 e. The number of aromatic hydroxyl groups is 1. The molecule has 3 N–H and O–H groups in total. The van der Waals surface area contributed by atoms with E-state index in [9.17, 15) is 15.0 Å². The minimum Gasteiger partial charge on any atom is -0.507 e. The number of aliphatic carboxylic acids is 1. The number of aliphatic hydroxyl groups is 1. The Bertz CT molecular complexity index is 503. The van der Waals surface area contributed by atoms with Gasteiger partial charge in [-0.2, -0.15) is 0 Å². The second-order valence-electron chi connectivity index (χ2n) is 3.13. The zero-order valence-corrected chi connectivity index (χ0v) is 9.59. The summed E-state index contributed by atoms with van der Waals surface area (Å²) in [6.07, 6.45) is 0. The van der Waals surface area contributed by atoms with Gasteiger partial charge in [-0.15, -0.1) is 22.7 Å². The van der Waals surface area contributed by atoms with Crippen molar-refractivity contribution in [3.63, 3.8) is 0 Å². The summed E-state index contributed by atoms with van der Waals surface area (Å²) in [6.45, 7) is 0. The van der Waals surface area contributed by atoms with E-state index in [4.69, 9.17) is 5.11 Å². The van der Waals surface area contributed by atoms with E-state index in [0.29, 0.717) is 0 Å². The van der Waals surface area contributed by atoms with Crippen LogP contribution in [0.15, 0.2) is 29.0 Å². The average molecular weight is 256 g/mol. The summed E-state index contributed by atoms with van der Waals surface area (Å²) in [5.74, 6) is -1.60. The number of hydrogen-bond donors (Lipinski definition) is 3. The summed E-state index contributed by atoms with van der Waals surface area (Å²) in [7, 11) is 0. The standard InChI is InChI=1S/C10H8O4S2/c11-6-3-5-16-8(6)10(14,9(12)13)7-2-1-4-15-7/h1-5,11,14H,(H,12,13). The Kier molecular flexibility index (Phi) is 2.71. The molecular weight excluding hydrogens is 248 g/mol. The molecule has 0 saturated heterocycles. The smallest absolute Gasteiger partial charge is 0.347 e. The van der Waals surface area contributed by atoms with Gasteiger partial charge in [0, 0.05) is 0 Å². The van der Waals surface area contributed by atoms with E-state index in [1.165, 1.54) is 17.5 Å². The summed E-state index contributed by atoms with van der Waals surface area (Å²) in [4.78, 5) is 11.5. The van der Waals surface area contributed by atoms with Crippen LogP contribution in [0.1, 0.15) is 9.75 Å². The van der Waals surface area contributed by atoms with Gasteiger partial charge in [-0.3, -0.25) is 0 Å². The van der Waals surface area contributed by atoms with Crippen LogP contribution in [-0.2, 0) is 10.4 Å². The molecule has 0 aliphatic heterocycles. The second-order valence-corrected chi connectivity index (χ2v) is 4.99. The van der Waals surface area contributed by atoms with Gasteiger partial charge in [0.2, 0.25) is 5.60 Å². The molecule has 2 aromatic heterocycles. The summed E-state index contributed by atoms with van der Waals surface area (Å²) < 4.78 is 0. The van der Waals surface area contributed by atoms with Crippen molar-refractivity contribution < 1.29 is 20.1 Å². The predicted molar refractivity (Wildman–Crippen MR) is 60.9 cm³/mol. The molecule has 84 valence electrons. The first kappa shape index (κ1) is 11.1. The van der Waals surface area contributed by atoms with Gasteiger partial charge in [0.05, 0.1) is 9.75 Å². The molecule has 16 heavy (non-hydrogen) atoms. The molecule has 0 aromatic carbocycles. The van der Waals surface area contributed by atoms with E-state index in [-0.39, 0.29) is 15.5 Å². The minimum absolute atomic E-state index is 0.0300. The maximum absolute atomic E-state index is 11.2. The Morgan fingerprint density at radius 3 is 2.44 bits per heavy atom. The molecule has 0 aliphatic carbocycles. The van der Waals surface area contributed by atoms with Crippen molar-refractivity contribution >= 4 is 28.6 Å². The van der Waals surface area contributed by atoms with Gasteiger partial charge < -0.3 is 15.3 Å². The Hall–Kier alpha value is -1.37. The van der Waals surface area contributed by atoms with Crippen LogP contribution in [0.2, 0.25) is 0 Å². The zero-order valence-electron chi connectivity index (χ0n) is 7.95. The fourth-order valence-electron chi connectivity index (χ4n) is 1.37. The molecule has 2 aromatic rings. The van der Waals surface area contributed by atoms with Crippen LogP contribution in [0.4, 0.5) is 0 Å². The first-order valence-electron chi connectivity index (χ1n) is 4.33. The topological polar surface area (TPSA) is 77.8 Å². The third kappa shape index (κ3) is 1.51. The first-order valence-corrected chi connectivity index (χ1v) is 6.09. The SMILES string of the molecule is O=C(O)C(O)(c1cccs1)c1sccc1O. The number of thiophene rings is 2. The Labute approximate surface area is 99.0 Å². The van der Waals surface area contributed by atoms with Gasteiger partial charge in [0.1, 0.15) is 5.75 Å². The Morgan fingerprint density at radius 2 is 2.00 bits per heavy atom. The maximum Gasteiger partial charge on any atom is 0.347 e. The van der Waals surface area contributed by atoms with Crippen LogP contribution in [0.5, 0.6) is 5.75 Å². The van der Waals surface area contributed by atoms with E-state index >= 15 is 0 Å². The van der Waals surface area contributed by atoms with Gasteiger partial charge >= 0.3 is 5.97 Å². The number of rotatable bonds is 3. The van der Waals surface area contributed by atoms with Crippen molar-refractivity contribution in [1.29, 1.82) is 0 Å². The van der Waals surface area contributed by atoms with Gasteiger partial charge in [0.15, 0.2) is 0 Å². The summed E-state index contributed by atoms with van der Waals surface area (Å²) >= 11 is 2.14. The lowest BCUT2D eigenvalue weighted by atomic mass is 10.00. The molecule has 4 nitrogen and oxygen atoms in total. The molecule has 0 fully saturated rings. The quantitative estimate of drug-likeness (QED) is 0.783. The van der Waals surface area contributed by atoms with Crippen molar-refractivity contribution in [2.75, 3.05) is 0 Å². The molecule has 2 rings (SSSR count). The molecule has 0 aliphatic rings. The van der Waals surface area contributed by atoms with E-state index in [2.05, 4.69) is 0 Å². The number of carbonyl (C=O) groups is 1. The number of hydrogen-bond acceptors (Lipinski definition) is 5. The highest BCUT2D eigenvalue weighted by atomic mass is 32.1. The number of carboxylic acid groups (broad SMARTS) is 1. The highest BCUT2D eigenvalue weighted by Crippen LogP contribution is 2.40. The average Bonchev–Trinajstić information content (AvgIpc) is 2.86. The summed E-state index contributed by atoms with van der Waals surface area (Å²) in [5, 5.41) is 32.1. The molecule has 1 atom stereocenters. The van der Waals surface area contributed by atoms with Crippen molar-refractivity contribution in [2.45, 2.75) is 5.60 Å². The van der Waals surface area contributed by atoms with E-state index in [0.717, 1.165) is 22.7 Å². The van der Waals surface area contributed by atoms with Crippen molar-refractivity contribution in [3.8, 4) is 5.75 Å². The van der Waals surface area contributed by atoms with Crippen LogP contribution in [0.3, 0.4) is 0 Å². The molecule has 0 spiro atoms. The summed E-state index contributed by atoms with van der Waals surface area (Å²) in [6, 6.07) is 4.54. The highest BCUT2D eigenvalue weighted by molar-refractivity contribution is 7.12. The fraction of sp³-hybridized carbons (Fsp3) is 0.100. The van der Waals surface area contributed by atoms with Crippen LogP contribution in [0, 0.1) is 0 Å². The minimum atomic E-state index is -2.16. The van der Waals surface area contributed by atoms with E-state index in [1.807, 2.05) is 0 Å². The third-order valence-electron chi connectivity index (χ3n) is 2.16. The van der Waals surface area contributed by atoms with Crippen molar-refractivity contribution in [1.82, 2.24) is 0 Å². The molecule has 2 heterocycles. The normalized spacial score (nSPS) is 14.6. The molecular formula is C10H8O4S2. The highest BCUT2D eigenvalue weighted by Gasteiger charge is 2.44. The lowest BCUT2D eigenvalue weighted by molar-refractivity contribution is -0.154. The van der Waals surface area contributed by atoms with Crippen molar-refractivity contribution in [3.05, 3.63) is 38.7 Å². The van der Waals surface area contributed by atoms with Gasteiger partial charge in [0.25, 0.3) is 0 Å². The molecule has 0 bridgehead atoms. The first-order chi connectivity index (χ1) is 7.56. The maximum atomic E-state index is 11.2. The van der Waals surface area contributed by atoms with E-state index in [1.54, 1.807) is 11.4 Å². The molecule has 0 saturated carbocycles. The van der Waals surface area contributed by atoms with Crippen molar-refractivity contribution in [2.24, 2.45) is 0 Å². The lowest BCUT2D eigenvalue weighted by Crippen LogP contribution is -2.35.